The Morgan fingerprint density at radius 3 is 2.82 bits per heavy atom. The molecule has 17 heavy (non-hydrogen) atoms. The largest absolute Gasteiger partial charge is 0.497 e. The van der Waals surface area contributed by atoms with Crippen LogP contribution < -0.4 is 10.1 Å². The number of nitrogens with one attached hydrogen (secondary N) is 1. The van der Waals surface area contributed by atoms with Gasteiger partial charge in [-0.25, -0.2) is 9.37 Å². The van der Waals surface area contributed by atoms with Crippen LogP contribution in [0.15, 0.2) is 36.5 Å². The van der Waals surface area contributed by atoms with E-state index in [4.69, 9.17) is 16.3 Å². The van der Waals surface area contributed by atoms with Gasteiger partial charge in [0, 0.05) is 18.0 Å². The number of nitrogens with zero attached hydrogens (tertiary/aromatic N) is 1. The standard InChI is InChI=1S/C12H10ClFN2O/c1-17-9-2-3-10(14)11(7-9)16-8-4-5-15-12(13)6-8/h2-7H,1H3,(H,15,16). The number of hydrogen-bond acceptors (Lipinski definition) is 3. The van der Waals surface area contributed by atoms with E-state index in [0.717, 1.165) is 0 Å². The number of aromatic nitrogens is 1. The summed E-state index contributed by atoms with van der Waals surface area (Å²) in [7, 11) is 1.53. The van der Waals surface area contributed by atoms with E-state index in [-0.39, 0.29) is 5.82 Å². The molecule has 0 saturated carbocycles. The minimum atomic E-state index is -0.362. The molecule has 0 aliphatic carbocycles. The van der Waals surface area contributed by atoms with Gasteiger partial charge in [-0.1, -0.05) is 11.6 Å². The average molecular weight is 253 g/mol. The zero-order valence-corrected chi connectivity index (χ0v) is 9.83. The Morgan fingerprint density at radius 2 is 2.12 bits per heavy atom. The summed E-state index contributed by atoms with van der Waals surface area (Å²) in [6, 6.07) is 7.78. The van der Waals surface area contributed by atoms with E-state index in [0.29, 0.717) is 22.3 Å². The van der Waals surface area contributed by atoms with Crippen LogP contribution in [0.3, 0.4) is 0 Å². The highest BCUT2D eigenvalue weighted by Crippen LogP contribution is 2.25. The van der Waals surface area contributed by atoms with Crippen molar-refractivity contribution in [1.82, 2.24) is 4.98 Å². The lowest BCUT2D eigenvalue weighted by Crippen LogP contribution is -1.95. The number of halogens is 2. The number of methoxy groups -OCH3 is 1. The molecule has 0 spiro atoms. The highest BCUT2D eigenvalue weighted by Gasteiger charge is 2.04. The number of pyridine rings is 1. The molecule has 0 radical (unpaired) electrons. The molecule has 88 valence electrons. The van der Waals surface area contributed by atoms with E-state index in [1.807, 2.05) is 0 Å². The Morgan fingerprint density at radius 1 is 1.29 bits per heavy atom. The first-order chi connectivity index (χ1) is 8.19. The van der Waals surface area contributed by atoms with Gasteiger partial charge in [-0.3, -0.25) is 0 Å². The highest BCUT2D eigenvalue weighted by atomic mass is 35.5. The maximum atomic E-state index is 13.5. The molecule has 0 bridgehead atoms. The van der Waals surface area contributed by atoms with Gasteiger partial charge in [0.1, 0.15) is 16.7 Å². The predicted octanol–water partition coefficient (Wildman–Crippen LogP) is 3.63. The van der Waals surface area contributed by atoms with Crippen molar-refractivity contribution in [2.45, 2.75) is 0 Å². The van der Waals surface area contributed by atoms with Crippen molar-refractivity contribution in [3.05, 3.63) is 47.5 Å². The van der Waals surface area contributed by atoms with Crippen molar-refractivity contribution in [1.29, 1.82) is 0 Å². The second-order valence-corrected chi connectivity index (χ2v) is 3.73. The molecule has 5 heteroatoms. The first kappa shape index (κ1) is 11.7. The highest BCUT2D eigenvalue weighted by molar-refractivity contribution is 6.29. The lowest BCUT2D eigenvalue weighted by Gasteiger charge is -2.09. The van der Waals surface area contributed by atoms with Crippen LogP contribution in [0.25, 0.3) is 0 Å². The van der Waals surface area contributed by atoms with E-state index < -0.39 is 0 Å². The molecule has 1 heterocycles. The average Bonchev–Trinajstić information content (AvgIpc) is 2.32. The number of rotatable bonds is 3. The summed E-state index contributed by atoms with van der Waals surface area (Å²) < 4.78 is 18.6. The maximum absolute atomic E-state index is 13.5. The molecule has 1 aromatic heterocycles. The normalized spacial score (nSPS) is 10.1. The molecule has 0 aliphatic rings. The summed E-state index contributed by atoms with van der Waals surface area (Å²) in [4.78, 5) is 3.84. The molecule has 2 aromatic rings. The van der Waals surface area contributed by atoms with Crippen molar-refractivity contribution >= 4 is 23.0 Å². The number of hydrogen-bond donors (Lipinski definition) is 1. The molecule has 0 unspecified atom stereocenters. The third kappa shape index (κ3) is 2.85. The molecule has 0 atom stereocenters. The minimum Gasteiger partial charge on any atom is -0.497 e. The van der Waals surface area contributed by atoms with Crippen LogP contribution in [0, 0.1) is 5.82 Å². The zero-order chi connectivity index (χ0) is 12.3. The second kappa shape index (κ2) is 5.01. The first-order valence-corrected chi connectivity index (χ1v) is 5.29. The smallest absolute Gasteiger partial charge is 0.146 e. The fourth-order valence-electron chi connectivity index (χ4n) is 1.36. The lowest BCUT2D eigenvalue weighted by molar-refractivity contribution is 0.414. The van der Waals surface area contributed by atoms with Gasteiger partial charge in [0.2, 0.25) is 0 Å². The van der Waals surface area contributed by atoms with Crippen LogP contribution in [0.1, 0.15) is 0 Å². The van der Waals surface area contributed by atoms with Crippen molar-refractivity contribution in [2.24, 2.45) is 0 Å². The number of ether oxygens (including phenoxy) is 1. The summed E-state index contributed by atoms with van der Waals surface area (Å²) in [5.41, 5.74) is 0.990. The molecule has 0 amide bonds. The monoisotopic (exact) mass is 252 g/mol. The van der Waals surface area contributed by atoms with Gasteiger partial charge in [0.25, 0.3) is 0 Å². The third-order valence-corrected chi connectivity index (χ3v) is 2.39. The summed E-state index contributed by atoms with van der Waals surface area (Å²) >= 11 is 5.74. The van der Waals surface area contributed by atoms with Gasteiger partial charge >= 0.3 is 0 Å². The molecule has 0 fully saturated rings. The summed E-state index contributed by atoms with van der Waals surface area (Å²) in [5.74, 6) is 0.216. The fourth-order valence-corrected chi connectivity index (χ4v) is 1.54. The van der Waals surface area contributed by atoms with Crippen LogP contribution in [-0.4, -0.2) is 12.1 Å². The van der Waals surface area contributed by atoms with Gasteiger partial charge in [-0.15, -0.1) is 0 Å². The van der Waals surface area contributed by atoms with E-state index in [2.05, 4.69) is 10.3 Å². The SMILES string of the molecule is COc1ccc(F)c(Nc2ccnc(Cl)c2)c1. The molecular weight excluding hydrogens is 243 g/mol. The Kier molecular flexibility index (Phi) is 3.44. The molecule has 2 rings (SSSR count). The van der Waals surface area contributed by atoms with E-state index in [1.165, 1.54) is 13.2 Å². The number of anilines is 2. The maximum Gasteiger partial charge on any atom is 0.146 e. The summed E-state index contributed by atoms with van der Waals surface area (Å²) in [6.07, 6.45) is 1.54. The number of benzene rings is 1. The predicted molar refractivity (Wildman–Crippen MR) is 65.5 cm³/mol. The van der Waals surface area contributed by atoms with E-state index in [9.17, 15) is 4.39 Å². The van der Waals surface area contributed by atoms with Crippen molar-refractivity contribution < 1.29 is 9.13 Å². The van der Waals surface area contributed by atoms with Crippen LogP contribution in [0.4, 0.5) is 15.8 Å². The summed E-state index contributed by atoms with van der Waals surface area (Å²) in [6.45, 7) is 0. The van der Waals surface area contributed by atoms with Crippen LogP contribution in [0.2, 0.25) is 5.15 Å². The molecule has 1 N–H and O–H groups in total. The Bertz CT molecular complexity index is 534. The van der Waals surface area contributed by atoms with Crippen molar-refractivity contribution in [3.8, 4) is 5.75 Å². The molecule has 3 nitrogen and oxygen atoms in total. The quantitative estimate of drug-likeness (QED) is 0.847. The molecule has 0 aliphatic heterocycles. The molecular formula is C12H10ClFN2O. The Hall–Kier alpha value is -1.81. The van der Waals surface area contributed by atoms with Crippen molar-refractivity contribution in [3.63, 3.8) is 0 Å². The first-order valence-electron chi connectivity index (χ1n) is 4.91. The van der Waals surface area contributed by atoms with Gasteiger partial charge < -0.3 is 10.1 Å². The second-order valence-electron chi connectivity index (χ2n) is 3.34. The fraction of sp³-hybridized carbons (Fsp3) is 0.0833. The van der Waals surface area contributed by atoms with Crippen LogP contribution in [-0.2, 0) is 0 Å². The van der Waals surface area contributed by atoms with Gasteiger partial charge in [0.05, 0.1) is 12.8 Å². The van der Waals surface area contributed by atoms with E-state index in [1.54, 1.807) is 30.5 Å². The van der Waals surface area contributed by atoms with E-state index >= 15 is 0 Å². The van der Waals surface area contributed by atoms with Gasteiger partial charge in [-0.05, 0) is 24.3 Å². The lowest BCUT2D eigenvalue weighted by atomic mass is 10.2. The van der Waals surface area contributed by atoms with Crippen LogP contribution >= 0.6 is 11.6 Å². The Labute approximate surface area is 103 Å². The minimum absolute atomic E-state index is 0.326. The molecule has 1 aromatic carbocycles. The Balaban J connectivity index is 2.29. The topological polar surface area (TPSA) is 34.1 Å². The third-order valence-electron chi connectivity index (χ3n) is 2.18. The zero-order valence-electron chi connectivity index (χ0n) is 9.08. The van der Waals surface area contributed by atoms with Crippen molar-refractivity contribution in [2.75, 3.05) is 12.4 Å². The van der Waals surface area contributed by atoms with Crippen LogP contribution in [0.5, 0.6) is 5.75 Å². The summed E-state index contributed by atoms with van der Waals surface area (Å²) in [5, 5.41) is 3.25. The molecule has 0 saturated heterocycles. The van der Waals surface area contributed by atoms with Gasteiger partial charge in [-0.2, -0.15) is 0 Å². The van der Waals surface area contributed by atoms with Gasteiger partial charge in [0.15, 0.2) is 0 Å².